The summed E-state index contributed by atoms with van der Waals surface area (Å²) >= 11 is 0. The van der Waals surface area contributed by atoms with E-state index in [-0.39, 0.29) is 0 Å². The largest absolute Gasteiger partial charge is 0.343 e. The van der Waals surface area contributed by atoms with Crippen LogP contribution in [0.4, 0.5) is 0 Å². The van der Waals surface area contributed by atoms with E-state index in [1.165, 1.54) is 32.1 Å². The molecule has 0 aliphatic heterocycles. The number of carbonyl (C=O) groups excluding carboxylic acids is 1. The summed E-state index contributed by atoms with van der Waals surface area (Å²) in [6, 6.07) is 0.504. The summed E-state index contributed by atoms with van der Waals surface area (Å²) in [5.41, 5.74) is 5.41. The zero-order valence-corrected chi connectivity index (χ0v) is 9.87. The van der Waals surface area contributed by atoms with Gasteiger partial charge in [-0.25, -0.2) is 0 Å². The summed E-state index contributed by atoms with van der Waals surface area (Å²) in [4.78, 5) is 13.8. The quantitative estimate of drug-likeness (QED) is 0.708. The molecule has 0 aromatic rings. The molecule has 15 heavy (non-hydrogen) atoms. The van der Waals surface area contributed by atoms with Gasteiger partial charge in [-0.05, 0) is 32.2 Å². The molecule has 0 heterocycles. The highest BCUT2D eigenvalue weighted by molar-refractivity contribution is 5.76. The van der Waals surface area contributed by atoms with E-state index >= 15 is 0 Å². The maximum absolute atomic E-state index is 11.8. The van der Waals surface area contributed by atoms with Crippen LogP contribution >= 0.6 is 0 Å². The first-order valence-corrected chi connectivity index (χ1v) is 6.21. The number of hydrogen-bond donors (Lipinski definition) is 1. The minimum atomic E-state index is 0.301. The van der Waals surface area contributed by atoms with Crippen LogP contribution in [0.5, 0.6) is 0 Å². The Labute approximate surface area is 93.0 Å². The van der Waals surface area contributed by atoms with Gasteiger partial charge in [-0.1, -0.05) is 19.3 Å². The lowest BCUT2D eigenvalue weighted by molar-refractivity contribution is -0.132. The fourth-order valence-corrected chi connectivity index (χ4v) is 2.27. The second kappa shape index (κ2) is 6.83. The van der Waals surface area contributed by atoms with Gasteiger partial charge in [0, 0.05) is 19.5 Å². The smallest absolute Gasteiger partial charge is 0.222 e. The Kier molecular flexibility index (Phi) is 5.69. The molecule has 0 saturated heterocycles. The summed E-state index contributed by atoms with van der Waals surface area (Å²) in [6.45, 7) is 0.695. The SMILES string of the molecule is CN(C(=O)CCCCN)C1CCCCC1. The first-order chi connectivity index (χ1) is 7.25. The van der Waals surface area contributed by atoms with Crippen LogP contribution < -0.4 is 5.73 Å². The van der Waals surface area contributed by atoms with E-state index < -0.39 is 0 Å². The maximum atomic E-state index is 11.8. The molecule has 0 spiro atoms. The van der Waals surface area contributed by atoms with Crippen molar-refractivity contribution in [1.29, 1.82) is 0 Å². The van der Waals surface area contributed by atoms with E-state index in [0.717, 1.165) is 12.8 Å². The van der Waals surface area contributed by atoms with E-state index in [1.54, 1.807) is 0 Å². The summed E-state index contributed by atoms with van der Waals surface area (Å²) in [5, 5.41) is 0. The molecule has 0 aromatic heterocycles. The third kappa shape index (κ3) is 4.20. The standard InChI is InChI=1S/C12H24N2O/c1-14(11-7-3-2-4-8-11)12(15)9-5-6-10-13/h11H,2-10,13H2,1H3. The highest BCUT2D eigenvalue weighted by Gasteiger charge is 2.21. The molecule has 1 amide bonds. The van der Waals surface area contributed by atoms with Gasteiger partial charge in [0.05, 0.1) is 0 Å². The molecular formula is C12H24N2O. The van der Waals surface area contributed by atoms with Crippen molar-refractivity contribution >= 4 is 5.91 Å². The lowest BCUT2D eigenvalue weighted by Crippen LogP contribution is -2.38. The van der Waals surface area contributed by atoms with Crippen LogP contribution in [-0.4, -0.2) is 30.4 Å². The lowest BCUT2D eigenvalue weighted by atomic mass is 9.94. The predicted octanol–water partition coefficient (Wildman–Crippen LogP) is 1.91. The Morgan fingerprint density at radius 2 is 1.93 bits per heavy atom. The molecule has 0 aromatic carbocycles. The number of unbranched alkanes of at least 4 members (excludes halogenated alkanes) is 1. The van der Waals surface area contributed by atoms with Crippen LogP contribution in [0.1, 0.15) is 51.4 Å². The van der Waals surface area contributed by atoms with E-state index in [0.29, 0.717) is 24.9 Å². The van der Waals surface area contributed by atoms with E-state index in [4.69, 9.17) is 5.73 Å². The Bertz CT molecular complexity index is 188. The fraction of sp³-hybridized carbons (Fsp3) is 0.917. The van der Waals surface area contributed by atoms with Gasteiger partial charge < -0.3 is 10.6 Å². The summed E-state index contributed by atoms with van der Waals surface area (Å²) in [7, 11) is 1.96. The highest BCUT2D eigenvalue weighted by atomic mass is 16.2. The van der Waals surface area contributed by atoms with Gasteiger partial charge in [0.15, 0.2) is 0 Å². The van der Waals surface area contributed by atoms with Crippen LogP contribution in [0, 0.1) is 0 Å². The average Bonchev–Trinajstić information content (AvgIpc) is 2.29. The van der Waals surface area contributed by atoms with Crippen LogP contribution in [-0.2, 0) is 4.79 Å². The minimum Gasteiger partial charge on any atom is -0.343 e. The normalized spacial score (nSPS) is 17.7. The van der Waals surface area contributed by atoms with Crippen LogP contribution in [0.25, 0.3) is 0 Å². The Morgan fingerprint density at radius 1 is 1.27 bits per heavy atom. The molecule has 0 atom stereocenters. The van der Waals surface area contributed by atoms with Gasteiger partial charge >= 0.3 is 0 Å². The summed E-state index contributed by atoms with van der Waals surface area (Å²) in [6.07, 6.45) is 8.86. The molecule has 3 heteroatoms. The average molecular weight is 212 g/mol. The van der Waals surface area contributed by atoms with Gasteiger partial charge in [-0.3, -0.25) is 4.79 Å². The second-order valence-electron chi connectivity index (χ2n) is 4.54. The molecule has 3 nitrogen and oxygen atoms in total. The van der Waals surface area contributed by atoms with Crippen molar-refractivity contribution in [2.45, 2.75) is 57.4 Å². The Morgan fingerprint density at radius 3 is 2.53 bits per heavy atom. The zero-order valence-electron chi connectivity index (χ0n) is 9.87. The van der Waals surface area contributed by atoms with Crippen molar-refractivity contribution in [3.8, 4) is 0 Å². The Hall–Kier alpha value is -0.570. The van der Waals surface area contributed by atoms with Crippen LogP contribution in [0.2, 0.25) is 0 Å². The number of rotatable bonds is 5. The number of carbonyl (C=O) groups is 1. The number of nitrogens with zero attached hydrogens (tertiary/aromatic N) is 1. The molecular weight excluding hydrogens is 188 g/mol. The predicted molar refractivity (Wildman–Crippen MR) is 62.5 cm³/mol. The molecule has 1 aliphatic rings. The van der Waals surface area contributed by atoms with E-state index in [9.17, 15) is 4.79 Å². The third-order valence-electron chi connectivity index (χ3n) is 3.36. The molecule has 0 unspecified atom stereocenters. The van der Waals surface area contributed by atoms with Crippen LogP contribution in [0.15, 0.2) is 0 Å². The highest BCUT2D eigenvalue weighted by Crippen LogP contribution is 2.22. The van der Waals surface area contributed by atoms with E-state index in [1.807, 2.05) is 11.9 Å². The fourth-order valence-electron chi connectivity index (χ4n) is 2.27. The number of hydrogen-bond acceptors (Lipinski definition) is 2. The van der Waals surface area contributed by atoms with Gasteiger partial charge in [-0.2, -0.15) is 0 Å². The molecule has 1 rings (SSSR count). The number of nitrogens with two attached hydrogens (primary N) is 1. The minimum absolute atomic E-state index is 0.301. The summed E-state index contributed by atoms with van der Waals surface area (Å²) in [5.74, 6) is 0.301. The molecule has 1 saturated carbocycles. The van der Waals surface area contributed by atoms with Gasteiger partial charge in [-0.15, -0.1) is 0 Å². The lowest BCUT2D eigenvalue weighted by Gasteiger charge is -2.31. The number of amides is 1. The first kappa shape index (κ1) is 12.5. The Balaban J connectivity index is 2.24. The first-order valence-electron chi connectivity index (χ1n) is 6.21. The van der Waals surface area contributed by atoms with Gasteiger partial charge in [0.1, 0.15) is 0 Å². The van der Waals surface area contributed by atoms with Gasteiger partial charge in [0.2, 0.25) is 5.91 Å². The second-order valence-corrected chi connectivity index (χ2v) is 4.54. The maximum Gasteiger partial charge on any atom is 0.222 e. The van der Waals surface area contributed by atoms with Crippen molar-refractivity contribution in [3.63, 3.8) is 0 Å². The topological polar surface area (TPSA) is 46.3 Å². The van der Waals surface area contributed by atoms with Crippen LogP contribution in [0.3, 0.4) is 0 Å². The van der Waals surface area contributed by atoms with Crippen molar-refractivity contribution in [3.05, 3.63) is 0 Å². The third-order valence-corrected chi connectivity index (χ3v) is 3.36. The van der Waals surface area contributed by atoms with Crippen molar-refractivity contribution < 1.29 is 4.79 Å². The van der Waals surface area contributed by atoms with Gasteiger partial charge in [0.25, 0.3) is 0 Å². The molecule has 0 radical (unpaired) electrons. The van der Waals surface area contributed by atoms with E-state index in [2.05, 4.69) is 0 Å². The van der Waals surface area contributed by atoms with Crippen molar-refractivity contribution in [2.75, 3.05) is 13.6 Å². The van der Waals surface area contributed by atoms with Crippen molar-refractivity contribution in [1.82, 2.24) is 4.90 Å². The molecule has 2 N–H and O–H groups in total. The molecule has 0 bridgehead atoms. The zero-order chi connectivity index (χ0) is 11.1. The summed E-state index contributed by atoms with van der Waals surface area (Å²) < 4.78 is 0. The van der Waals surface area contributed by atoms with Crippen molar-refractivity contribution in [2.24, 2.45) is 5.73 Å². The monoisotopic (exact) mass is 212 g/mol. The molecule has 1 aliphatic carbocycles. The molecule has 88 valence electrons. The molecule has 1 fully saturated rings.